The average Bonchev–Trinajstić information content (AvgIpc) is 2.36. The van der Waals surface area contributed by atoms with Crippen molar-refractivity contribution >= 4 is 28.9 Å². The Morgan fingerprint density at radius 2 is 2.30 bits per heavy atom. The summed E-state index contributed by atoms with van der Waals surface area (Å²) < 4.78 is 0. The van der Waals surface area contributed by atoms with E-state index in [0.29, 0.717) is 11.5 Å². The first-order valence-corrected chi connectivity index (χ1v) is 5.08. The fourth-order valence-corrected chi connectivity index (χ4v) is 2.95. The number of ketones is 1. The van der Waals surface area contributed by atoms with Crippen molar-refractivity contribution in [2.45, 2.75) is 5.75 Å². The minimum Gasteiger partial charge on any atom is -0.292 e. The zero-order valence-corrected chi connectivity index (χ0v) is 6.93. The van der Waals surface area contributed by atoms with Crippen LogP contribution in [-0.2, 0) is 5.75 Å². The van der Waals surface area contributed by atoms with Crippen LogP contribution in [0.25, 0.3) is 0 Å². The SMILES string of the molecule is O=C1CSCc2ccsc21. The molecule has 52 valence electrons. The maximum Gasteiger partial charge on any atom is 0.182 e. The second-order valence-corrected chi connectivity index (χ2v) is 4.09. The number of thiophene rings is 1. The summed E-state index contributed by atoms with van der Waals surface area (Å²) in [5.41, 5.74) is 1.23. The quantitative estimate of drug-likeness (QED) is 0.593. The molecule has 0 atom stereocenters. The van der Waals surface area contributed by atoms with Crippen LogP contribution in [0.2, 0.25) is 0 Å². The van der Waals surface area contributed by atoms with Gasteiger partial charge in [0, 0.05) is 5.75 Å². The van der Waals surface area contributed by atoms with Crippen LogP contribution in [0.5, 0.6) is 0 Å². The Bertz CT molecular complexity index is 264. The number of rotatable bonds is 0. The van der Waals surface area contributed by atoms with Gasteiger partial charge in [-0.1, -0.05) is 0 Å². The van der Waals surface area contributed by atoms with E-state index in [0.717, 1.165) is 10.6 Å². The molecule has 2 heterocycles. The Morgan fingerprint density at radius 1 is 1.40 bits per heavy atom. The molecule has 0 saturated carbocycles. The number of thioether (sulfide) groups is 1. The lowest BCUT2D eigenvalue weighted by Gasteiger charge is -2.07. The fourth-order valence-electron chi connectivity index (χ4n) is 1.01. The molecule has 1 nitrogen and oxygen atoms in total. The van der Waals surface area contributed by atoms with Crippen LogP contribution in [0.1, 0.15) is 15.2 Å². The molecule has 1 aliphatic rings. The van der Waals surface area contributed by atoms with Crippen LogP contribution in [0.15, 0.2) is 11.4 Å². The summed E-state index contributed by atoms with van der Waals surface area (Å²) in [5, 5.41) is 1.99. The molecule has 10 heavy (non-hydrogen) atoms. The van der Waals surface area contributed by atoms with Crippen LogP contribution < -0.4 is 0 Å². The molecule has 1 aliphatic heterocycles. The Balaban J connectivity index is 2.50. The van der Waals surface area contributed by atoms with Gasteiger partial charge in [0.05, 0.1) is 10.6 Å². The molecule has 0 bridgehead atoms. The molecule has 0 fully saturated rings. The zero-order valence-electron chi connectivity index (χ0n) is 5.29. The summed E-state index contributed by atoms with van der Waals surface area (Å²) >= 11 is 3.28. The number of fused-ring (bicyclic) bond motifs is 1. The van der Waals surface area contributed by atoms with Crippen molar-refractivity contribution in [3.8, 4) is 0 Å². The predicted molar refractivity (Wildman–Crippen MR) is 44.8 cm³/mol. The number of Topliss-reactive ketones (excluding diaryl/α,β-unsaturated/α-hetero) is 1. The summed E-state index contributed by atoms with van der Waals surface area (Å²) in [5.74, 6) is 2.00. The van der Waals surface area contributed by atoms with E-state index in [1.54, 1.807) is 23.1 Å². The molecular weight excluding hydrogens is 164 g/mol. The molecule has 0 radical (unpaired) electrons. The van der Waals surface area contributed by atoms with Gasteiger partial charge in [0.25, 0.3) is 0 Å². The number of hydrogen-bond donors (Lipinski definition) is 0. The first kappa shape index (κ1) is 6.43. The van der Waals surface area contributed by atoms with Gasteiger partial charge in [0.1, 0.15) is 0 Å². The van der Waals surface area contributed by atoms with Gasteiger partial charge in [0.2, 0.25) is 0 Å². The van der Waals surface area contributed by atoms with E-state index < -0.39 is 0 Å². The molecule has 0 unspecified atom stereocenters. The molecule has 3 heteroatoms. The Hall–Kier alpha value is -0.280. The van der Waals surface area contributed by atoms with Crippen molar-refractivity contribution in [3.05, 3.63) is 21.9 Å². The normalized spacial score (nSPS) is 17.0. The van der Waals surface area contributed by atoms with Crippen molar-refractivity contribution < 1.29 is 4.79 Å². The molecule has 0 aromatic carbocycles. The summed E-state index contributed by atoms with van der Waals surface area (Å²) in [4.78, 5) is 12.1. The standard InChI is InChI=1S/C7H6OS2/c8-6-4-9-3-5-1-2-10-7(5)6/h1-2H,3-4H2. The third-order valence-corrected chi connectivity index (χ3v) is 3.47. The van der Waals surface area contributed by atoms with Gasteiger partial charge in [-0.2, -0.15) is 0 Å². The lowest BCUT2D eigenvalue weighted by molar-refractivity contribution is 0.102. The van der Waals surface area contributed by atoms with Gasteiger partial charge < -0.3 is 0 Å². The van der Waals surface area contributed by atoms with Gasteiger partial charge in [0.15, 0.2) is 5.78 Å². The monoisotopic (exact) mass is 170 g/mol. The first-order chi connectivity index (χ1) is 4.88. The second kappa shape index (κ2) is 2.40. The van der Waals surface area contributed by atoms with Gasteiger partial charge in [-0.3, -0.25) is 4.79 Å². The van der Waals surface area contributed by atoms with Crippen molar-refractivity contribution in [3.63, 3.8) is 0 Å². The van der Waals surface area contributed by atoms with E-state index in [9.17, 15) is 4.79 Å². The lowest BCUT2D eigenvalue weighted by atomic mass is 10.2. The van der Waals surface area contributed by atoms with E-state index in [1.165, 1.54) is 5.56 Å². The Morgan fingerprint density at radius 3 is 3.10 bits per heavy atom. The molecule has 2 rings (SSSR count). The van der Waals surface area contributed by atoms with Crippen molar-refractivity contribution in [1.82, 2.24) is 0 Å². The van der Waals surface area contributed by atoms with Gasteiger partial charge >= 0.3 is 0 Å². The minimum absolute atomic E-state index is 0.307. The molecule has 0 aliphatic carbocycles. The Labute approximate surface area is 67.4 Å². The highest BCUT2D eigenvalue weighted by Gasteiger charge is 2.17. The third-order valence-electron chi connectivity index (χ3n) is 1.49. The third kappa shape index (κ3) is 0.896. The van der Waals surface area contributed by atoms with E-state index in [1.807, 2.05) is 11.4 Å². The average molecular weight is 170 g/mol. The number of carbonyl (C=O) groups is 1. The van der Waals surface area contributed by atoms with Crippen molar-refractivity contribution in [1.29, 1.82) is 0 Å². The summed E-state index contributed by atoms with van der Waals surface area (Å²) in [6, 6.07) is 2.05. The van der Waals surface area contributed by atoms with Crippen LogP contribution >= 0.6 is 23.1 Å². The maximum absolute atomic E-state index is 11.1. The van der Waals surface area contributed by atoms with Crippen molar-refractivity contribution in [2.24, 2.45) is 0 Å². The first-order valence-electron chi connectivity index (χ1n) is 3.05. The van der Waals surface area contributed by atoms with Crippen LogP contribution in [0.4, 0.5) is 0 Å². The maximum atomic E-state index is 11.1. The fraction of sp³-hybridized carbons (Fsp3) is 0.286. The minimum atomic E-state index is 0.307. The predicted octanol–water partition coefficient (Wildman–Crippen LogP) is 2.18. The molecule has 1 aromatic heterocycles. The van der Waals surface area contributed by atoms with Crippen molar-refractivity contribution in [2.75, 3.05) is 5.75 Å². The summed E-state index contributed by atoms with van der Waals surface area (Å²) in [7, 11) is 0. The molecular formula is C7H6OS2. The van der Waals surface area contributed by atoms with Gasteiger partial charge in [-0.15, -0.1) is 23.1 Å². The summed E-state index contributed by atoms with van der Waals surface area (Å²) in [6.45, 7) is 0. The lowest BCUT2D eigenvalue weighted by Crippen LogP contribution is -2.07. The van der Waals surface area contributed by atoms with Crippen LogP contribution in [-0.4, -0.2) is 11.5 Å². The van der Waals surface area contributed by atoms with E-state index in [-0.39, 0.29) is 0 Å². The van der Waals surface area contributed by atoms with Crippen LogP contribution in [0.3, 0.4) is 0 Å². The van der Waals surface area contributed by atoms with E-state index >= 15 is 0 Å². The molecule has 0 amide bonds. The van der Waals surface area contributed by atoms with Gasteiger partial charge in [-0.05, 0) is 17.0 Å². The smallest absolute Gasteiger partial charge is 0.182 e. The van der Waals surface area contributed by atoms with E-state index in [2.05, 4.69) is 0 Å². The number of carbonyl (C=O) groups excluding carboxylic acids is 1. The van der Waals surface area contributed by atoms with E-state index in [4.69, 9.17) is 0 Å². The highest BCUT2D eigenvalue weighted by Crippen LogP contribution is 2.28. The van der Waals surface area contributed by atoms with Gasteiger partial charge in [-0.25, -0.2) is 0 Å². The molecule has 0 saturated heterocycles. The largest absolute Gasteiger partial charge is 0.292 e. The number of hydrogen-bond acceptors (Lipinski definition) is 3. The zero-order chi connectivity index (χ0) is 6.97. The molecule has 0 N–H and O–H groups in total. The van der Waals surface area contributed by atoms with Crippen LogP contribution in [0, 0.1) is 0 Å². The molecule has 0 spiro atoms. The molecule has 1 aromatic rings. The highest BCUT2D eigenvalue weighted by atomic mass is 32.2. The highest BCUT2D eigenvalue weighted by molar-refractivity contribution is 7.99. The Kier molecular flexibility index (Phi) is 1.54. The second-order valence-electron chi connectivity index (χ2n) is 2.19. The summed E-state index contributed by atoms with van der Waals surface area (Å²) in [6.07, 6.45) is 0. The topological polar surface area (TPSA) is 17.1 Å².